The number of aliphatic hydroxyl groups excluding tert-OH is 1. The average molecular weight is 332 g/mol. The van der Waals surface area contributed by atoms with Gasteiger partial charge in [0.2, 0.25) is 0 Å². The summed E-state index contributed by atoms with van der Waals surface area (Å²) < 4.78 is 0. The lowest BCUT2D eigenvalue weighted by Crippen LogP contribution is -2.21. The van der Waals surface area contributed by atoms with E-state index >= 15 is 0 Å². The third-order valence-electron chi connectivity index (χ3n) is 3.55. The number of hydrogen-bond acceptors (Lipinski definition) is 4. The molecule has 0 aromatic heterocycles. The Bertz CT molecular complexity index is 680. The molecule has 0 heterocycles. The molecular weight excluding hydrogens is 314 g/mol. The molecule has 0 saturated carbocycles. The smallest absolute Gasteiger partial charge is 0.170 e. The molecule has 0 aliphatic heterocycles. The summed E-state index contributed by atoms with van der Waals surface area (Å²) in [6.07, 6.45) is -0.173. The minimum Gasteiger partial charge on any atom is -0.395 e. The second-order valence-electron chi connectivity index (χ2n) is 5.22. The lowest BCUT2D eigenvalue weighted by atomic mass is 10.0. The van der Waals surface area contributed by atoms with Crippen molar-refractivity contribution in [2.75, 3.05) is 25.1 Å². The van der Waals surface area contributed by atoms with Gasteiger partial charge in [-0.15, -0.1) is 0 Å². The highest BCUT2D eigenvalue weighted by Crippen LogP contribution is 2.16. The van der Waals surface area contributed by atoms with Crippen LogP contribution in [0.1, 0.15) is 27.1 Å². The van der Waals surface area contributed by atoms with Crippen LogP contribution in [0.4, 0.5) is 5.69 Å². The lowest BCUT2D eigenvalue weighted by molar-refractivity contribution is 0.0894. The second kappa shape index (κ2) is 7.90. The van der Waals surface area contributed by atoms with E-state index in [-0.39, 0.29) is 24.6 Å². The van der Waals surface area contributed by atoms with E-state index in [1.807, 2.05) is 11.9 Å². The predicted molar refractivity (Wildman–Crippen MR) is 91.5 cm³/mol. The van der Waals surface area contributed by atoms with Gasteiger partial charge in [-0.3, -0.25) is 9.59 Å². The first-order valence-corrected chi connectivity index (χ1v) is 7.63. The molecule has 0 bridgehead atoms. The Balaban J connectivity index is 2.03. The number of rotatable bonds is 7. The highest BCUT2D eigenvalue weighted by molar-refractivity contribution is 6.30. The van der Waals surface area contributed by atoms with Gasteiger partial charge in [-0.25, -0.2) is 0 Å². The molecule has 5 heteroatoms. The zero-order chi connectivity index (χ0) is 16.8. The molecule has 0 fully saturated rings. The van der Waals surface area contributed by atoms with Crippen LogP contribution < -0.4 is 4.90 Å². The van der Waals surface area contributed by atoms with Gasteiger partial charge in [0.05, 0.1) is 13.0 Å². The van der Waals surface area contributed by atoms with Crippen molar-refractivity contribution in [3.8, 4) is 0 Å². The summed E-state index contributed by atoms with van der Waals surface area (Å²) in [5.74, 6) is -0.450. The molecule has 0 unspecified atom stereocenters. The largest absolute Gasteiger partial charge is 0.395 e. The molecule has 2 aromatic carbocycles. The molecule has 2 rings (SSSR count). The van der Waals surface area contributed by atoms with Gasteiger partial charge in [0.1, 0.15) is 0 Å². The number of halogens is 1. The second-order valence-corrected chi connectivity index (χ2v) is 5.66. The van der Waals surface area contributed by atoms with Crippen LogP contribution in [0.5, 0.6) is 0 Å². The minimum absolute atomic E-state index is 0.0623. The van der Waals surface area contributed by atoms with Crippen molar-refractivity contribution in [1.82, 2.24) is 0 Å². The van der Waals surface area contributed by atoms with E-state index in [9.17, 15) is 9.59 Å². The number of anilines is 1. The maximum absolute atomic E-state index is 12.2. The zero-order valence-corrected chi connectivity index (χ0v) is 13.6. The lowest BCUT2D eigenvalue weighted by Gasteiger charge is -2.17. The molecule has 0 radical (unpaired) electrons. The number of carbonyl (C=O) groups is 2. The van der Waals surface area contributed by atoms with Crippen LogP contribution in [0.2, 0.25) is 5.02 Å². The highest BCUT2D eigenvalue weighted by atomic mass is 35.5. The van der Waals surface area contributed by atoms with Gasteiger partial charge in [0.25, 0.3) is 0 Å². The molecule has 0 amide bonds. The van der Waals surface area contributed by atoms with Crippen molar-refractivity contribution in [3.63, 3.8) is 0 Å². The van der Waals surface area contributed by atoms with Gasteiger partial charge in [0.15, 0.2) is 11.6 Å². The summed E-state index contributed by atoms with van der Waals surface area (Å²) >= 11 is 5.78. The number of hydrogen-bond donors (Lipinski definition) is 1. The predicted octanol–water partition coefficient (Wildman–Crippen LogP) is 3.22. The maximum atomic E-state index is 12.2. The van der Waals surface area contributed by atoms with E-state index in [4.69, 9.17) is 16.7 Å². The fourth-order valence-electron chi connectivity index (χ4n) is 2.17. The van der Waals surface area contributed by atoms with Crippen LogP contribution in [0.3, 0.4) is 0 Å². The van der Waals surface area contributed by atoms with Gasteiger partial charge in [-0.2, -0.15) is 0 Å². The van der Waals surface area contributed by atoms with Gasteiger partial charge in [0, 0.05) is 35.4 Å². The van der Waals surface area contributed by atoms with Gasteiger partial charge in [-0.1, -0.05) is 11.6 Å². The molecule has 0 spiro atoms. The maximum Gasteiger partial charge on any atom is 0.170 e. The minimum atomic E-state index is -0.229. The average Bonchev–Trinajstić information content (AvgIpc) is 2.55. The monoisotopic (exact) mass is 331 g/mol. The zero-order valence-electron chi connectivity index (χ0n) is 12.8. The Hall–Kier alpha value is -2.17. The van der Waals surface area contributed by atoms with Crippen molar-refractivity contribution in [2.45, 2.75) is 6.42 Å². The van der Waals surface area contributed by atoms with Crippen LogP contribution in [0.25, 0.3) is 0 Å². The van der Waals surface area contributed by atoms with E-state index in [1.165, 1.54) is 0 Å². The Morgan fingerprint density at radius 2 is 1.43 bits per heavy atom. The summed E-state index contributed by atoms with van der Waals surface area (Å²) in [6, 6.07) is 13.5. The number of aliphatic hydroxyl groups is 1. The van der Waals surface area contributed by atoms with Crippen LogP contribution in [0.15, 0.2) is 48.5 Å². The Morgan fingerprint density at radius 3 is 1.91 bits per heavy atom. The number of nitrogens with zero attached hydrogens (tertiary/aromatic N) is 1. The van der Waals surface area contributed by atoms with Gasteiger partial charge in [-0.05, 0) is 48.5 Å². The number of carbonyl (C=O) groups excluding carboxylic acids is 2. The highest BCUT2D eigenvalue weighted by Gasteiger charge is 2.14. The Kier molecular flexibility index (Phi) is 5.90. The number of benzene rings is 2. The number of ketones is 2. The van der Waals surface area contributed by atoms with Gasteiger partial charge < -0.3 is 10.0 Å². The van der Waals surface area contributed by atoms with E-state index in [0.29, 0.717) is 22.7 Å². The first kappa shape index (κ1) is 17.2. The molecular formula is C18H18ClNO3. The third kappa shape index (κ3) is 4.65. The summed E-state index contributed by atoms with van der Waals surface area (Å²) in [5, 5.41) is 9.48. The molecule has 1 N–H and O–H groups in total. The van der Waals surface area contributed by atoms with Gasteiger partial charge >= 0.3 is 0 Å². The molecule has 0 atom stereocenters. The molecule has 23 heavy (non-hydrogen) atoms. The summed E-state index contributed by atoms with van der Waals surface area (Å²) in [6.45, 7) is 0.578. The van der Waals surface area contributed by atoms with Crippen molar-refractivity contribution in [1.29, 1.82) is 0 Å². The molecule has 0 aliphatic carbocycles. The summed E-state index contributed by atoms with van der Waals surface area (Å²) in [4.78, 5) is 26.2. The van der Waals surface area contributed by atoms with Crippen LogP contribution in [-0.4, -0.2) is 36.9 Å². The van der Waals surface area contributed by atoms with Crippen molar-refractivity contribution in [3.05, 3.63) is 64.7 Å². The molecule has 2 aromatic rings. The molecule has 4 nitrogen and oxygen atoms in total. The number of Topliss-reactive ketones (excluding diaryl/α,β-unsaturated/α-hetero) is 2. The first-order valence-electron chi connectivity index (χ1n) is 7.25. The Morgan fingerprint density at radius 1 is 0.957 bits per heavy atom. The molecule has 0 aliphatic rings. The summed E-state index contributed by atoms with van der Waals surface area (Å²) in [5.41, 5.74) is 1.87. The number of likely N-dealkylation sites (N-methyl/N-ethyl adjacent to an activating group) is 1. The van der Waals surface area contributed by atoms with Crippen LogP contribution >= 0.6 is 11.6 Å². The standard InChI is InChI=1S/C18H18ClNO3/c1-20(10-11-21)16-8-4-14(5-9-16)18(23)12-17(22)13-2-6-15(19)7-3-13/h2-9,21H,10-12H2,1H3. The third-order valence-corrected chi connectivity index (χ3v) is 3.80. The fourth-order valence-corrected chi connectivity index (χ4v) is 2.29. The van der Waals surface area contributed by atoms with E-state index in [2.05, 4.69) is 0 Å². The van der Waals surface area contributed by atoms with E-state index < -0.39 is 0 Å². The first-order chi connectivity index (χ1) is 11.0. The van der Waals surface area contributed by atoms with E-state index in [1.54, 1.807) is 48.5 Å². The normalized spacial score (nSPS) is 10.4. The van der Waals surface area contributed by atoms with Crippen LogP contribution in [0, 0.1) is 0 Å². The fraction of sp³-hybridized carbons (Fsp3) is 0.222. The molecule has 0 saturated heterocycles. The molecule has 120 valence electrons. The van der Waals surface area contributed by atoms with Crippen molar-refractivity contribution in [2.24, 2.45) is 0 Å². The van der Waals surface area contributed by atoms with Crippen molar-refractivity contribution < 1.29 is 14.7 Å². The Labute approximate surface area is 140 Å². The van der Waals surface area contributed by atoms with E-state index in [0.717, 1.165) is 5.69 Å². The van der Waals surface area contributed by atoms with Crippen molar-refractivity contribution >= 4 is 28.9 Å². The summed E-state index contributed by atoms with van der Waals surface area (Å²) in [7, 11) is 1.86. The quantitative estimate of drug-likeness (QED) is 0.625. The topological polar surface area (TPSA) is 57.6 Å². The SMILES string of the molecule is CN(CCO)c1ccc(C(=O)CC(=O)c2ccc(Cl)cc2)cc1. The van der Waals surface area contributed by atoms with Crippen LogP contribution in [-0.2, 0) is 0 Å².